The van der Waals surface area contributed by atoms with Gasteiger partial charge in [-0.2, -0.15) is 10.4 Å². The fourth-order valence-electron chi connectivity index (χ4n) is 3.32. The Hall–Kier alpha value is -3.86. The first-order valence-electron chi connectivity index (χ1n) is 9.19. The third kappa shape index (κ3) is 3.89. The fourth-order valence-corrected chi connectivity index (χ4v) is 3.32. The van der Waals surface area contributed by atoms with E-state index in [2.05, 4.69) is 21.3 Å². The average molecular weight is 389 g/mol. The number of aromatic nitrogens is 3. The lowest BCUT2D eigenvalue weighted by molar-refractivity contribution is 0.0765. The molecule has 3 heterocycles. The second kappa shape index (κ2) is 8.02. The van der Waals surface area contributed by atoms with Crippen molar-refractivity contribution >= 4 is 5.91 Å². The Balaban J connectivity index is 1.43. The maximum absolute atomic E-state index is 12.9. The molecule has 0 spiro atoms. The third-order valence-corrected chi connectivity index (χ3v) is 4.77. The molecule has 146 valence electrons. The Morgan fingerprint density at radius 2 is 2.17 bits per heavy atom. The van der Waals surface area contributed by atoms with E-state index in [1.54, 1.807) is 30.2 Å². The lowest BCUT2D eigenvalue weighted by atomic mass is 10.1. The van der Waals surface area contributed by atoms with Gasteiger partial charge in [0.25, 0.3) is 5.91 Å². The number of methoxy groups -OCH3 is 1. The van der Waals surface area contributed by atoms with Crippen LogP contribution in [0.1, 0.15) is 22.5 Å². The molecule has 1 aliphatic heterocycles. The monoisotopic (exact) mass is 389 g/mol. The maximum atomic E-state index is 12.9. The summed E-state index contributed by atoms with van der Waals surface area (Å²) in [6.07, 6.45) is 2.06. The maximum Gasteiger partial charge on any atom is 0.272 e. The molecular formula is C21H19N5O3. The van der Waals surface area contributed by atoms with E-state index in [1.165, 1.54) is 6.20 Å². The van der Waals surface area contributed by atoms with E-state index in [1.807, 2.05) is 24.3 Å². The molecule has 1 unspecified atom stereocenters. The molecule has 1 atom stereocenters. The van der Waals surface area contributed by atoms with Gasteiger partial charge in [0.05, 0.1) is 31.0 Å². The molecule has 0 bridgehead atoms. The minimum Gasteiger partial charge on any atom is -0.496 e. The first kappa shape index (κ1) is 18.5. The van der Waals surface area contributed by atoms with Crippen LogP contribution in [0.25, 0.3) is 11.3 Å². The van der Waals surface area contributed by atoms with Crippen LogP contribution in [-0.2, 0) is 0 Å². The van der Waals surface area contributed by atoms with Crippen molar-refractivity contribution in [2.45, 2.75) is 12.5 Å². The molecule has 8 nitrogen and oxygen atoms in total. The summed E-state index contributed by atoms with van der Waals surface area (Å²) in [5.74, 6) is 0.951. The number of aromatic amines is 1. The topological polar surface area (TPSA) is 104 Å². The number of para-hydroxylation sites is 1. The number of nitriles is 1. The Kier molecular flexibility index (Phi) is 5.12. The van der Waals surface area contributed by atoms with Gasteiger partial charge in [-0.05, 0) is 24.3 Å². The van der Waals surface area contributed by atoms with Crippen LogP contribution >= 0.6 is 0 Å². The van der Waals surface area contributed by atoms with Crippen LogP contribution < -0.4 is 9.47 Å². The largest absolute Gasteiger partial charge is 0.496 e. The molecule has 8 heteroatoms. The number of nitrogens with zero attached hydrogens (tertiary/aromatic N) is 4. The summed E-state index contributed by atoms with van der Waals surface area (Å²) < 4.78 is 11.2. The molecule has 2 aromatic heterocycles. The number of rotatable bonds is 5. The SMILES string of the molecule is COc1ccccc1-c1cc(C(=O)N2CCC(Oc3cc(C#N)ccn3)C2)[nH]n1. The van der Waals surface area contributed by atoms with Crippen LogP contribution in [-0.4, -0.2) is 52.3 Å². The molecule has 1 amide bonds. The predicted molar refractivity (Wildman–Crippen MR) is 104 cm³/mol. The normalized spacial score (nSPS) is 15.7. The molecular weight excluding hydrogens is 370 g/mol. The van der Waals surface area contributed by atoms with Crippen LogP contribution in [0.4, 0.5) is 0 Å². The molecule has 1 aliphatic rings. The molecule has 1 aromatic carbocycles. The highest BCUT2D eigenvalue weighted by Gasteiger charge is 2.29. The van der Waals surface area contributed by atoms with Crippen LogP contribution in [0.15, 0.2) is 48.7 Å². The highest BCUT2D eigenvalue weighted by Crippen LogP contribution is 2.29. The average Bonchev–Trinajstić information content (AvgIpc) is 3.43. The second-order valence-corrected chi connectivity index (χ2v) is 6.64. The van der Waals surface area contributed by atoms with Gasteiger partial charge in [-0.3, -0.25) is 9.89 Å². The Labute approximate surface area is 167 Å². The lowest BCUT2D eigenvalue weighted by Crippen LogP contribution is -2.31. The van der Waals surface area contributed by atoms with Crippen molar-refractivity contribution in [1.29, 1.82) is 5.26 Å². The number of nitrogens with one attached hydrogen (secondary N) is 1. The molecule has 1 fully saturated rings. The molecule has 0 saturated carbocycles. The minimum atomic E-state index is -0.169. The number of carbonyl (C=O) groups excluding carboxylic acids is 1. The van der Waals surface area contributed by atoms with Crippen molar-refractivity contribution in [3.8, 4) is 29.0 Å². The quantitative estimate of drug-likeness (QED) is 0.719. The predicted octanol–water partition coefficient (Wildman–Crippen LogP) is 2.65. The Morgan fingerprint density at radius 3 is 3.00 bits per heavy atom. The Bertz CT molecular complexity index is 1070. The summed E-state index contributed by atoms with van der Waals surface area (Å²) >= 11 is 0. The van der Waals surface area contributed by atoms with Crippen LogP contribution in [0, 0.1) is 11.3 Å². The third-order valence-electron chi connectivity index (χ3n) is 4.77. The lowest BCUT2D eigenvalue weighted by Gasteiger charge is -2.16. The number of hydrogen-bond donors (Lipinski definition) is 1. The summed E-state index contributed by atoms with van der Waals surface area (Å²) in [5, 5.41) is 16.1. The number of carbonyl (C=O) groups is 1. The van der Waals surface area contributed by atoms with Crippen molar-refractivity contribution in [1.82, 2.24) is 20.1 Å². The Morgan fingerprint density at radius 1 is 1.31 bits per heavy atom. The molecule has 0 radical (unpaired) electrons. The van der Waals surface area contributed by atoms with Gasteiger partial charge >= 0.3 is 0 Å². The number of pyridine rings is 1. The van der Waals surface area contributed by atoms with E-state index in [4.69, 9.17) is 14.7 Å². The smallest absolute Gasteiger partial charge is 0.272 e. The number of amides is 1. The second-order valence-electron chi connectivity index (χ2n) is 6.64. The van der Waals surface area contributed by atoms with Gasteiger partial charge in [0, 0.05) is 30.8 Å². The molecule has 29 heavy (non-hydrogen) atoms. The zero-order chi connectivity index (χ0) is 20.2. The van der Waals surface area contributed by atoms with Crippen molar-refractivity contribution in [2.75, 3.05) is 20.2 Å². The number of likely N-dealkylation sites (tertiary alicyclic amines) is 1. The number of hydrogen-bond acceptors (Lipinski definition) is 6. The van der Waals surface area contributed by atoms with Crippen molar-refractivity contribution in [3.05, 3.63) is 59.9 Å². The number of ether oxygens (including phenoxy) is 2. The van der Waals surface area contributed by atoms with Gasteiger partial charge in [0.2, 0.25) is 5.88 Å². The van der Waals surface area contributed by atoms with E-state index in [9.17, 15) is 4.79 Å². The van der Waals surface area contributed by atoms with Crippen molar-refractivity contribution in [2.24, 2.45) is 0 Å². The van der Waals surface area contributed by atoms with Crippen molar-refractivity contribution < 1.29 is 14.3 Å². The zero-order valence-electron chi connectivity index (χ0n) is 15.8. The van der Waals surface area contributed by atoms with E-state index < -0.39 is 0 Å². The van der Waals surface area contributed by atoms with Gasteiger partial charge in [-0.15, -0.1) is 0 Å². The summed E-state index contributed by atoms with van der Waals surface area (Å²) in [6, 6.07) is 14.5. The summed E-state index contributed by atoms with van der Waals surface area (Å²) in [4.78, 5) is 18.7. The molecule has 1 N–H and O–H groups in total. The highest BCUT2D eigenvalue weighted by atomic mass is 16.5. The molecule has 4 rings (SSSR count). The minimum absolute atomic E-state index is 0.136. The molecule has 3 aromatic rings. The fraction of sp³-hybridized carbons (Fsp3) is 0.238. The van der Waals surface area contributed by atoms with Crippen LogP contribution in [0.2, 0.25) is 0 Å². The van der Waals surface area contributed by atoms with E-state index >= 15 is 0 Å². The summed E-state index contributed by atoms with van der Waals surface area (Å²) in [6.45, 7) is 1.02. The first-order valence-corrected chi connectivity index (χ1v) is 9.19. The van der Waals surface area contributed by atoms with Gasteiger partial charge in [0.15, 0.2) is 0 Å². The number of benzene rings is 1. The van der Waals surface area contributed by atoms with Gasteiger partial charge < -0.3 is 14.4 Å². The van der Waals surface area contributed by atoms with E-state index in [0.29, 0.717) is 48.1 Å². The van der Waals surface area contributed by atoms with Gasteiger partial charge in [0.1, 0.15) is 17.5 Å². The van der Waals surface area contributed by atoms with Gasteiger partial charge in [-0.1, -0.05) is 12.1 Å². The standard InChI is InChI=1S/C21H19N5O3/c1-28-19-5-3-2-4-16(19)17-11-18(25-24-17)21(27)26-9-7-15(13-26)29-20-10-14(12-22)6-8-23-20/h2-6,8,10-11,15H,7,9,13H2,1H3,(H,24,25). The zero-order valence-corrected chi connectivity index (χ0v) is 15.8. The van der Waals surface area contributed by atoms with Gasteiger partial charge in [-0.25, -0.2) is 4.98 Å². The number of H-pyrrole nitrogens is 1. The molecule has 1 saturated heterocycles. The van der Waals surface area contributed by atoms with E-state index in [0.717, 1.165) is 5.56 Å². The summed E-state index contributed by atoms with van der Waals surface area (Å²) in [5.41, 5.74) is 2.37. The van der Waals surface area contributed by atoms with Crippen molar-refractivity contribution in [3.63, 3.8) is 0 Å². The van der Waals surface area contributed by atoms with E-state index in [-0.39, 0.29) is 12.0 Å². The van der Waals surface area contributed by atoms with Crippen LogP contribution in [0.5, 0.6) is 11.6 Å². The summed E-state index contributed by atoms with van der Waals surface area (Å²) in [7, 11) is 1.60. The van der Waals surface area contributed by atoms with Crippen LogP contribution in [0.3, 0.4) is 0 Å². The highest BCUT2D eigenvalue weighted by molar-refractivity contribution is 5.93. The first-order chi connectivity index (χ1) is 14.2. The molecule has 0 aliphatic carbocycles.